The maximum absolute atomic E-state index is 11.9. The van der Waals surface area contributed by atoms with Crippen LogP contribution in [0, 0.1) is 0 Å². The van der Waals surface area contributed by atoms with Crippen molar-refractivity contribution in [1.82, 2.24) is 10.3 Å². The average molecular weight is 307 g/mol. The van der Waals surface area contributed by atoms with Crippen LogP contribution in [0.3, 0.4) is 0 Å². The molecule has 0 aliphatic rings. The molecule has 0 saturated carbocycles. The van der Waals surface area contributed by atoms with Crippen LogP contribution in [0.4, 0.5) is 0 Å². The first-order valence-electron chi connectivity index (χ1n) is 6.24. The third-order valence-corrected chi connectivity index (χ3v) is 3.65. The van der Waals surface area contributed by atoms with Crippen molar-refractivity contribution < 1.29 is 4.79 Å². The van der Waals surface area contributed by atoms with Gasteiger partial charge in [-0.1, -0.05) is 23.7 Å². The Morgan fingerprint density at radius 2 is 2.15 bits per heavy atom. The summed E-state index contributed by atoms with van der Waals surface area (Å²) >= 11 is 7.38. The lowest BCUT2D eigenvalue weighted by molar-refractivity contribution is -0.117. The van der Waals surface area contributed by atoms with Gasteiger partial charge in [0.25, 0.3) is 0 Å². The highest BCUT2D eigenvalue weighted by Crippen LogP contribution is 2.12. The third-order valence-electron chi connectivity index (χ3n) is 2.76. The molecular weight excluding hydrogens is 292 g/mol. The lowest BCUT2D eigenvalue weighted by atomic mass is 10.1. The van der Waals surface area contributed by atoms with Gasteiger partial charge in [-0.2, -0.15) is 0 Å². The molecule has 0 fully saturated rings. The van der Waals surface area contributed by atoms with Crippen molar-refractivity contribution in [3.63, 3.8) is 0 Å². The Morgan fingerprint density at radius 1 is 1.40 bits per heavy atom. The fourth-order valence-corrected chi connectivity index (χ4v) is 2.40. The Hall–Kier alpha value is -1.65. The maximum atomic E-state index is 11.9. The lowest BCUT2D eigenvalue weighted by Gasteiger charge is -2.04. The van der Waals surface area contributed by atoms with Crippen molar-refractivity contribution in [3.8, 4) is 0 Å². The van der Waals surface area contributed by atoms with Crippen LogP contribution < -0.4 is 5.32 Å². The van der Waals surface area contributed by atoms with Gasteiger partial charge < -0.3 is 5.32 Å². The predicted octanol–water partition coefficient (Wildman–Crippen LogP) is 3.56. The molecule has 0 saturated heterocycles. The molecule has 2 aromatic rings. The molecule has 1 amide bonds. The van der Waals surface area contributed by atoms with E-state index in [9.17, 15) is 4.79 Å². The number of thiazole rings is 1. The highest BCUT2D eigenvalue weighted by molar-refractivity contribution is 7.07. The van der Waals surface area contributed by atoms with E-state index in [1.165, 1.54) is 0 Å². The molecule has 1 N–H and O–H groups in total. The molecule has 0 aliphatic heterocycles. The summed E-state index contributed by atoms with van der Waals surface area (Å²) in [5, 5.41) is 5.56. The van der Waals surface area contributed by atoms with E-state index in [-0.39, 0.29) is 5.91 Å². The number of halogens is 1. The molecule has 20 heavy (non-hydrogen) atoms. The molecule has 104 valence electrons. The molecule has 0 unspecified atom stereocenters. The van der Waals surface area contributed by atoms with Crippen molar-refractivity contribution in [2.24, 2.45) is 0 Å². The minimum Gasteiger partial charge on any atom is -0.352 e. The molecule has 0 aliphatic carbocycles. The normalized spacial score (nSPS) is 11.4. The van der Waals surface area contributed by atoms with E-state index in [4.69, 9.17) is 11.6 Å². The zero-order valence-corrected chi connectivity index (χ0v) is 12.7. The van der Waals surface area contributed by atoms with E-state index in [1.54, 1.807) is 35.9 Å². The van der Waals surface area contributed by atoms with Crippen LogP contribution in [-0.4, -0.2) is 17.4 Å². The summed E-state index contributed by atoms with van der Waals surface area (Å²) in [5.41, 5.74) is 4.44. The Kier molecular flexibility index (Phi) is 5.32. The Morgan fingerprint density at radius 3 is 2.80 bits per heavy atom. The van der Waals surface area contributed by atoms with Crippen molar-refractivity contribution >= 4 is 34.9 Å². The molecule has 1 aromatic heterocycles. The van der Waals surface area contributed by atoms with Gasteiger partial charge in [-0.05, 0) is 30.7 Å². The first-order chi connectivity index (χ1) is 9.65. The average Bonchev–Trinajstić information content (AvgIpc) is 2.94. The van der Waals surface area contributed by atoms with E-state index in [0.29, 0.717) is 17.1 Å². The van der Waals surface area contributed by atoms with Gasteiger partial charge in [0.05, 0.1) is 11.2 Å². The maximum Gasteiger partial charge on any atom is 0.246 e. The number of aromatic nitrogens is 1. The van der Waals surface area contributed by atoms with Crippen molar-refractivity contribution in [3.05, 3.63) is 57.0 Å². The van der Waals surface area contributed by atoms with Crippen LogP contribution in [0.1, 0.15) is 18.2 Å². The van der Waals surface area contributed by atoms with Crippen LogP contribution in [0.5, 0.6) is 0 Å². The molecule has 0 spiro atoms. The fourth-order valence-electron chi connectivity index (χ4n) is 1.68. The van der Waals surface area contributed by atoms with Crippen LogP contribution >= 0.6 is 22.9 Å². The van der Waals surface area contributed by atoms with Gasteiger partial charge in [-0.25, -0.2) is 4.98 Å². The number of nitrogens with zero attached hydrogens (tertiary/aromatic N) is 1. The number of carbonyl (C=O) groups is 1. The smallest absolute Gasteiger partial charge is 0.246 e. The van der Waals surface area contributed by atoms with Crippen molar-refractivity contribution in [2.75, 3.05) is 6.54 Å². The van der Waals surface area contributed by atoms with Gasteiger partial charge in [0.1, 0.15) is 0 Å². The first-order valence-corrected chi connectivity index (χ1v) is 7.56. The van der Waals surface area contributed by atoms with Gasteiger partial charge in [-0.15, -0.1) is 11.3 Å². The second kappa shape index (κ2) is 7.22. The molecule has 0 atom stereocenters. The van der Waals surface area contributed by atoms with E-state index in [0.717, 1.165) is 17.7 Å². The van der Waals surface area contributed by atoms with Crippen molar-refractivity contribution in [1.29, 1.82) is 0 Å². The number of hydrogen-bond donors (Lipinski definition) is 1. The van der Waals surface area contributed by atoms with Gasteiger partial charge in [0, 0.05) is 28.9 Å². The molecule has 3 nitrogen and oxygen atoms in total. The van der Waals surface area contributed by atoms with Gasteiger partial charge in [-0.3, -0.25) is 4.79 Å². The van der Waals surface area contributed by atoms with E-state index in [2.05, 4.69) is 10.3 Å². The number of carbonyl (C=O) groups excluding carboxylic acids is 1. The second-order valence-electron chi connectivity index (χ2n) is 4.36. The largest absolute Gasteiger partial charge is 0.352 e. The minimum atomic E-state index is -0.0600. The standard InChI is InChI=1S/C15H15ClN2OS/c1-11(8-12-2-4-13(16)5-3-12)15(19)17-7-6-14-9-20-10-18-14/h2-5,8-10H,6-7H2,1H3,(H,17,19)/b11-8+. The van der Waals surface area contributed by atoms with E-state index < -0.39 is 0 Å². The number of benzene rings is 1. The van der Waals surface area contributed by atoms with Crippen LogP contribution in [0.2, 0.25) is 5.02 Å². The zero-order chi connectivity index (χ0) is 14.4. The summed E-state index contributed by atoms with van der Waals surface area (Å²) in [6.45, 7) is 2.39. The number of amides is 1. The molecule has 1 aromatic carbocycles. The number of hydrogen-bond acceptors (Lipinski definition) is 3. The van der Waals surface area contributed by atoms with Gasteiger partial charge in [0.15, 0.2) is 0 Å². The second-order valence-corrected chi connectivity index (χ2v) is 5.52. The van der Waals surface area contributed by atoms with Crippen molar-refractivity contribution in [2.45, 2.75) is 13.3 Å². The SMILES string of the molecule is C/C(=C\c1ccc(Cl)cc1)C(=O)NCCc1cscn1. The molecule has 0 bridgehead atoms. The summed E-state index contributed by atoms with van der Waals surface area (Å²) in [6, 6.07) is 7.38. The van der Waals surface area contributed by atoms with Crippen LogP contribution in [0.25, 0.3) is 6.08 Å². The molecular formula is C15H15ClN2OS. The fraction of sp³-hybridized carbons (Fsp3) is 0.200. The minimum absolute atomic E-state index is 0.0600. The Balaban J connectivity index is 1.86. The first kappa shape index (κ1) is 14.8. The lowest BCUT2D eigenvalue weighted by Crippen LogP contribution is -2.26. The van der Waals surface area contributed by atoms with Crippen LogP contribution in [0.15, 0.2) is 40.7 Å². The quantitative estimate of drug-likeness (QED) is 0.858. The van der Waals surface area contributed by atoms with E-state index >= 15 is 0 Å². The summed E-state index contributed by atoms with van der Waals surface area (Å²) in [6.07, 6.45) is 2.60. The molecule has 1 heterocycles. The topological polar surface area (TPSA) is 42.0 Å². The third kappa shape index (κ3) is 4.47. The highest BCUT2D eigenvalue weighted by Gasteiger charge is 2.04. The molecule has 5 heteroatoms. The predicted molar refractivity (Wildman–Crippen MR) is 83.9 cm³/mol. The number of nitrogens with one attached hydrogen (secondary N) is 1. The summed E-state index contributed by atoms with van der Waals surface area (Å²) in [4.78, 5) is 16.1. The molecule has 2 rings (SSSR count). The Bertz CT molecular complexity index is 591. The monoisotopic (exact) mass is 306 g/mol. The van der Waals surface area contributed by atoms with Gasteiger partial charge >= 0.3 is 0 Å². The van der Waals surface area contributed by atoms with E-state index in [1.807, 2.05) is 23.6 Å². The number of rotatable bonds is 5. The van der Waals surface area contributed by atoms with Gasteiger partial charge in [0.2, 0.25) is 5.91 Å². The molecule has 0 radical (unpaired) electrons. The summed E-state index contributed by atoms with van der Waals surface area (Å²) < 4.78 is 0. The van der Waals surface area contributed by atoms with Crippen LogP contribution in [-0.2, 0) is 11.2 Å². The Labute approximate surface area is 127 Å². The summed E-state index contributed by atoms with van der Waals surface area (Å²) in [7, 11) is 0. The summed E-state index contributed by atoms with van der Waals surface area (Å²) in [5.74, 6) is -0.0600. The zero-order valence-electron chi connectivity index (χ0n) is 11.1. The highest BCUT2D eigenvalue weighted by atomic mass is 35.5.